The van der Waals surface area contributed by atoms with E-state index in [2.05, 4.69) is 26.5 Å². The lowest BCUT2D eigenvalue weighted by atomic mass is 9.85. The van der Waals surface area contributed by atoms with Crippen LogP contribution in [0.25, 0.3) is 0 Å². The molecule has 29 heavy (non-hydrogen) atoms. The quantitative estimate of drug-likeness (QED) is 0.727. The van der Waals surface area contributed by atoms with Crippen molar-refractivity contribution in [2.45, 2.75) is 39.2 Å². The number of anilines is 3. The number of carbonyl (C=O) groups is 2. The Labute approximate surface area is 174 Å². The van der Waals surface area contributed by atoms with Gasteiger partial charge in [0.05, 0.1) is 18.0 Å². The van der Waals surface area contributed by atoms with E-state index in [-0.39, 0.29) is 24.3 Å². The van der Waals surface area contributed by atoms with E-state index >= 15 is 0 Å². The first-order valence-electron chi connectivity index (χ1n) is 8.85. The standard InChI is InChI=1S/C18H21N7O3.ClH/c1-4-18(11-19)6-8-24(14(18)26)13-5-7-20-16(23-13)22-12-9-21-25(10-12)17(2,3)15(27)28;/h5,7,9-10H,4,6,8H2,1-3H3,(H,27,28)(H,20,22,23);1H/t18-;/m1./s1. The summed E-state index contributed by atoms with van der Waals surface area (Å²) in [6.45, 7) is 5.32. The van der Waals surface area contributed by atoms with Gasteiger partial charge in [-0.3, -0.25) is 14.4 Å². The van der Waals surface area contributed by atoms with Crippen molar-refractivity contribution in [2.24, 2.45) is 5.41 Å². The highest BCUT2D eigenvalue weighted by atomic mass is 35.5. The zero-order valence-corrected chi connectivity index (χ0v) is 17.1. The van der Waals surface area contributed by atoms with Crippen molar-refractivity contribution in [3.05, 3.63) is 24.7 Å². The van der Waals surface area contributed by atoms with Crippen molar-refractivity contribution in [3.63, 3.8) is 0 Å². The smallest absolute Gasteiger partial charge is 0.331 e. The fourth-order valence-electron chi connectivity index (χ4n) is 2.98. The number of halogens is 1. The van der Waals surface area contributed by atoms with E-state index in [0.717, 1.165) is 0 Å². The highest BCUT2D eigenvalue weighted by Crippen LogP contribution is 2.36. The Morgan fingerprint density at radius 3 is 2.79 bits per heavy atom. The number of rotatable bonds is 6. The number of nitriles is 1. The molecule has 0 aliphatic carbocycles. The summed E-state index contributed by atoms with van der Waals surface area (Å²) in [5, 5.41) is 25.7. The Morgan fingerprint density at radius 2 is 2.21 bits per heavy atom. The Hall–Kier alpha value is -3.19. The molecule has 10 nitrogen and oxygen atoms in total. The molecule has 0 radical (unpaired) electrons. The number of nitrogens with one attached hydrogen (secondary N) is 1. The van der Waals surface area contributed by atoms with Crippen LogP contribution in [0.3, 0.4) is 0 Å². The van der Waals surface area contributed by atoms with Gasteiger partial charge in [0.2, 0.25) is 11.9 Å². The Morgan fingerprint density at radius 1 is 1.48 bits per heavy atom. The molecular weight excluding hydrogens is 398 g/mol. The van der Waals surface area contributed by atoms with Crippen LogP contribution in [-0.2, 0) is 15.1 Å². The summed E-state index contributed by atoms with van der Waals surface area (Å²) in [6, 6.07) is 3.76. The Balaban J connectivity index is 0.00000300. The lowest BCUT2D eigenvalue weighted by Gasteiger charge is -2.19. The number of carboxylic acid groups (broad SMARTS) is 1. The largest absolute Gasteiger partial charge is 0.479 e. The van der Waals surface area contributed by atoms with Gasteiger partial charge in [-0.2, -0.15) is 15.3 Å². The highest BCUT2D eigenvalue weighted by Gasteiger charge is 2.46. The minimum atomic E-state index is -1.20. The minimum absolute atomic E-state index is 0. The molecule has 2 N–H and O–H groups in total. The first-order chi connectivity index (χ1) is 13.2. The molecule has 1 atom stereocenters. The Kier molecular flexibility index (Phi) is 6.13. The van der Waals surface area contributed by atoms with Gasteiger partial charge in [-0.15, -0.1) is 12.4 Å². The van der Waals surface area contributed by atoms with Gasteiger partial charge < -0.3 is 10.4 Å². The lowest BCUT2D eigenvalue weighted by molar-refractivity contribution is -0.146. The van der Waals surface area contributed by atoms with E-state index in [0.29, 0.717) is 30.9 Å². The van der Waals surface area contributed by atoms with Gasteiger partial charge in [-0.25, -0.2) is 9.78 Å². The second-order valence-electron chi connectivity index (χ2n) is 7.16. The highest BCUT2D eigenvalue weighted by molar-refractivity contribution is 6.01. The molecule has 3 rings (SSSR count). The Bertz CT molecular complexity index is 968. The van der Waals surface area contributed by atoms with Gasteiger partial charge in [0.15, 0.2) is 5.54 Å². The summed E-state index contributed by atoms with van der Waals surface area (Å²) in [5.74, 6) is -0.613. The number of hydrogen-bond donors (Lipinski definition) is 2. The summed E-state index contributed by atoms with van der Waals surface area (Å²) in [5.41, 5.74) is -1.69. The van der Waals surface area contributed by atoms with Gasteiger partial charge in [-0.1, -0.05) is 6.92 Å². The van der Waals surface area contributed by atoms with Crippen LogP contribution in [0, 0.1) is 16.7 Å². The predicted molar refractivity (Wildman–Crippen MR) is 107 cm³/mol. The molecule has 0 spiro atoms. The average molecular weight is 420 g/mol. The molecule has 11 heteroatoms. The van der Waals surface area contributed by atoms with Gasteiger partial charge in [-0.05, 0) is 32.8 Å². The molecular formula is C18H22ClN7O3. The molecule has 0 saturated carbocycles. The zero-order valence-electron chi connectivity index (χ0n) is 16.3. The molecule has 1 amide bonds. The minimum Gasteiger partial charge on any atom is -0.479 e. The maximum absolute atomic E-state index is 12.7. The molecule has 1 fully saturated rings. The van der Waals surface area contributed by atoms with Crippen LogP contribution in [0.5, 0.6) is 0 Å². The fraction of sp³-hybridized carbons (Fsp3) is 0.444. The topological polar surface area (TPSA) is 137 Å². The van der Waals surface area contributed by atoms with Crippen molar-refractivity contribution < 1.29 is 14.7 Å². The van der Waals surface area contributed by atoms with Gasteiger partial charge in [0, 0.05) is 18.9 Å². The molecule has 1 aliphatic heterocycles. The summed E-state index contributed by atoms with van der Waals surface area (Å²) < 4.78 is 1.33. The van der Waals surface area contributed by atoms with E-state index in [4.69, 9.17) is 0 Å². The van der Waals surface area contributed by atoms with Crippen molar-refractivity contribution in [1.82, 2.24) is 19.7 Å². The third kappa shape index (κ3) is 3.86. The van der Waals surface area contributed by atoms with Crippen LogP contribution >= 0.6 is 12.4 Å². The van der Waals surface area contributed by atoms with Crippen LogP contribution in [0.4, 0.5) is 17.5 Å². The fourth-order valence-corrected chi connectivity index (χ4v) is 2.98. The van der Waals surface area contributed by atoms with Gasteiger partial charge >= 0.3 is 5.97 Å². The molecule has 2 aromatic rings. The monoisotopic (exact) mass is 419 g/mol. The molecule has 0 aromatic carbocycles. The molecule has 0 bridgehead atoms. The van der Waals surface area contributed by atoms with Crippen LogP contribution < -0.4 is 10.2 Å². The van der Waals surface area contributed by atoms with Crippen molar-refractivity contribution in [2.75, 3.05) is 16.8 Å². The second-order valence-corrected chi connectivity index (χ2v) is 7.16. The summed E-state index contributed by atoms with van der Waals surface area (Å²) in [4.78, 5) is 34.0. The number of aromatic nitrogens is 4. The zero-order chi connectivity index (χ0) is 20.5. The number of carbonyl (C=O) groups excluding carboxylic acids is 1. The van der Waals surface area contributed by atoms with Crippen molar-refractivity contribution >= 4 is 41.7 Å². The molecule has 3 heterocycles. The van der Waals surface area contributed by atoms with Crippen LogP contribution in [0.2, 0.25) is 0 Å². The summed E-state index contributed by atoms with van der Waals surface area (Å²) in [7, 11) is 0. The third-order valence-corrected chi connectivity index (χ3v) is 5.09. The van der Waals surface area contributed by atoms with E-state index in [1.165, 1.54) is 35.8 Å². The first kappa shape index (κ1) is 22.1. The molecule has 0 unspecified atom stereocenters. The number of nitrogens with zero attached hydrogens (tertiary/aromatic N) is 6. The van der Waals surface area contributed by atoms with Gasteiger partial charge in [0.1, 0.15) is 11.2 Å². The summed E-state index contributed by atoms with van der Waals surface area (Å²) >= 11 is 0. The SMILES string of the molecule is CC[C@]1(C#N)CCN(c2ccnc(Nc3cnn(C(C)(C)C(=O)O)c3)n2)C1=O.Cl. The van der Waals surface area contributed by atoms with Crippen molar-refractivity contribution in [1.29, 1.82) is 5.26 Å². The maximum atomic E-state index is 12.7. The van der Waals surface area contributed by atoms with Crippen LogP contribution in [0.15, 0.2) is 24.7 Å². The van der Waals surface area contributed by atoms with Crippen LogP contribution in [0.1, 0.15) is 33.6 Å². The molecule has 154 valence electrons. The number of carboxylic acids is 1. The lowest BCUT2D eigenvalue weighted by Crippen LogP contribution is -2.35. The number of hydrogen-bond acceptors (Lipinski definition) is 7. The predicted octanol–water partition coefficient (Wildman–Crippen LogP) is 2.31. The van der Waals surface area contributed by atoms with E-state index in [9.17, 15) is 20.0 Å². The van der Waals surface area contributed by atoms with Crippen molar-refractivity contribution in [3.8, 4) is 6.07 Å². The third-order valence-electron chi connectivity index (χ3n) is 5.09. The molecule has 1 saturated heterocycles. The number of aliphatic carboxylic acids is 1. The summed E-state index contributed by atoms with van der Waals surface area (Å²) in [6.07, 6.45) is 5.44. The first-order valence-corrected chi connectivity index (χ1v) is 8.85. The number of amides is 1. The normalized spacial score (nSPS) is 18.8. The molecule has 1 aliphatic rings. The van der Waals surface area contributed by atoms with Crippen LogP contribution in [-0.4, -0.2) is 43.3 Å². The van der Waals surface area contributed by atoms with E-state index < -0.39 is 16.9 Å². The average Bonchev–Trinajstić information content (AvgIpc) is 3.27. The van der Waals surface area contributed by atoms with E-state index in [1.54, 1.807) is 12.3 Å². The molecule has 2 aromatic heterocycles. The van der Waals surface area contributed by atoms with E-state index in [1.807, 2.05) is 6.92 Å². The van der Waals surface area contributed by atoms with Gasteiger partial charge in [0.25, 0.3) is 0 Å². The maximum Gasteiger partial charge on any atom is 0.331 e. The second kappa shape index (κ2) is 8.05.